The highest BCUT2D eigenvalue weighted by Gasteiger charge is 2.05. The predicted octanol–water partition coefficient (Wildman–Crippen LogP) is 2.54. The minimum absolute atomic E-state index is 0.0578. The van der Waals surface area contributed by atoms with Gasteiger partial charge in [0.25, 0.3) is 5.91 Å². The van der Waals surface area contributed by atoms with Crippen molar-refractivity contribution in [2.24, 2.45) is 0 Å². The lowest BCUT2D eigenvalue weighted by Gasteiger charge is -2.04. The third-order valence-corrected chi connectivity index (χ3v) is 2.50. The van der Waals surface area contributed by atoms with Crippen LogP contribution in [0, 0.1) is 0 Å². The molecule has 1 aromatic heterocycles. The van der Waals surface area contributed by atoms with Crippen molar-refractivity contribution in [3.63, 3.8) is 0 Å². The molecule has 0 bridgehead atoms. The van der Waals surface area contributed by atoms with Crippen molar-refractivity contribution in [3.05, 3.63) is 54.7 Å². The number of hydrogen-bond donors (Lipinski definition) is 1. The van der Waals surface area contributed by atoms with Crippen LogP contribution in [0.1, 0.15) is 16.8 Å². The summed E-state index contributed by atoms with van der Waals surface area (Å²) in [6.07, 6.45) is 4.30. The van der Waals surface area contributed by atoms with Crippen molar-refractivity contribution in [2.45, 2.75) is 6.42 Å². The number of nitrogens with zero attached hydrogens (tertiary/aromatic N) is 1. The number of fused-ring (bicyclic) bond motifs is 1. The van der Waals surface area contributed by atoms with Crippen molar-refractivity contribution in [2.75, 3.05) is 6.54 Å². The van der Waals surface area contributed by atoms with Gasteiger partial charge in [-0.1, -0.05) is 12.1 Å². The van der Waals surface area contributed by atoms with E-state index >= 15 is 0 Å². The van der Waals surface area contributed by atoms with Gasteiger partial charge in [-0.15, -0.1) is 6.58 Å². The maximum atomic E-state index is 11.8. The van der Waals surface area contributed by atoms with Gasteiger partial charge in [0.1, 0.15) is 0 Å². The SMILES string of the molecule is C=CCCNC(=O)c1ccc2ncccc2c1. The zero-order valence-corrected chi connectivity index (χ0v) is 9.52. The highest BCUT2D eigenvalue weighted by atomic mass is 16.1. The average molecular weight is 226 g/mol. The van der Waals surface area contributed by atoms with Gasteiger partial charge in [-0.3, -0.25) is 9.78 Å². The van der Waals surface area contributed by atoms with Crippen LogP contribution >= 0.6 is 0 Å². The highest BCUT2D eigenvalue weighted by Crippen LogP contribution is 2.13. The lowest BCUT2D eigenvalue weighted by molar-refractivity contribution is 0.0954. The summed E-state index contributed by atoms with van der Waals surface area (Å²) >= 11 is 0. The van der Waals surface area contributed by atoms with Gasteiger partial charge in [0.2, 0.25) is 0 Å². The first-order valence-electron chi connectivity index (χ1n) is 5.55. The molecule has 2 rings (SSSR count). The Hall–Kier alpha value is -2.16. The zero-order valence-electron chi connectivity index (χ0n) is 9.52. The Morgan fingerprint density at radius 3 is 3.12 bits per heavy atom. The molecular weight excluding hydrogens is 212 g/mol. The number of carbonyl (C=O) groups excluding carboxylic acids is 1. The summed E-state index contributed by atoms with van der Waals surface area (Å²) in [5.74, 6) is -0.0578. The summed E-state index contributed by atoms with van der Waals surface area (Å²) in [6, 6.07) is 9.31. The minimum Gasteiger partial charge on any atom is -0.352 e. The molecule has 3 heteroatoms. The summed E-state index contributed by atoms with van der Waals surface area (Å²) < 4.78 is 0. The molecule has 86 valence electrons. The molecular formula is C14H14N2O. The lowest BCUT2D eigenvalue weighted by atomic mass is 10.1. The molecule has 1 heterocycles. The van der Waals surface area contributed by atoms with E-state index in [-0.39, 0.29) is 5.91 Å². The van der Waals surface area contributed by atoms with Crippen LogP contribution in [0.5, 0.6) is 0 Å². The quantitative estimate of drug-likeness (QED) is 0.643. The molecule has 0 saturated heterocycles. The van der Waals surface area contributed by atoms with E-state index in [1.54, 1.807) is 18.3 Å². The van der Waals surface area contributed by atoms with Crippen LogP contribution in [-0.4, -0.2) is 17.4 Å². The van der Waals surface area contributed by atoms with Gasteiger partial charge in [0.15, 0.2) is 0 Å². The smallest absolute Gasteiger partial charge is 0.251 e. The molecule has 17 heavy (non-hydrogen) atoms. The second-order valence-electron chi connectivity index (χ2n) is 3.74. The first kappa shape index (κ1) is 11.3. The Kier molecular flexibility index (Phi) is 3.50. The van der Waals surface area contributed by atoms with Crippen LogP contribution in [-0.2, 0) is 0 Å². The Morgan fingerprint density at radius 2 is 2.29 bits per heavy atom. The van der Waals surface area contributed by atoms with E-state index in [0.29, 0.717) is 12.1 Å². The predicted molar refractivity (Wildman–Crippen MR) is 68.9 cm³/mol. The molecule has 1 amide bonds. The number of aromatic nitrogens is 1. The van der Waals surface area contributed by atoms with Crippen LogP contribution in [0.15, 0.2) is 49.2 Å². The van der Waals surface area contributed by atoms with E-state index in [2.05, 4.69) is 16.9 Å². The number of pyridine rings is 1. The van der Waals surface area contributed by atoms with Crippen molar-refractivity contribution in [1.82, 2.24) is 10.3 Å². The summed E-state index contributed by atoms with van der Waals surface area (Å²) in [6.45, 7) is 4.23. The molecule has 3 nitrogen and oxygen atoms in total. The van der Waals surface area contributed by atoms with Crippen molar-refractivity contribution in [3.8, 4) is 0 Å². The fourth-order valence-corrected chi connectivity index (χ4v) is 1.61. The highest BCUT2D eigenvalue weighted by molar-refractivity contribution is 5.97. The first-order valence-corrected chi connectivity index (χ1v) is 5.55. The van der Waals surface area contributed by atoms with E-state index < -0.39 is 0 Å². The largest absolute Gasteiger partial charge is 0.352 e. The van der Waals surface area contributed by atoms with Crippen molar-refractivity contribution >= 4 is 16.8 Å². The second-order valence-corrected chi connectivity index (χ2v) is 3.74. The Labute approximate surface area is 100 Å². The van der Waals surface area contributed by atoms with Crippen LogP contribution < -0.4 is 5.32 Å². The molecule has 0 saturated carbocycles. The maximum Gasteiger partial charge on any atom is 0.251 e. The molecule has 0 aliphatic heterocycles. The molecule has 0 atom stereocenters. The van der Waals surface area contributed by atoms with Gasteiger partial charge in [0.05, 0.1) is 5.52 Å². The molecule has 0 radical (unpaired) electrons. The van der Waals surface area contributed by atoms with Crippen molar-refractivity contribution < 1.29 is 4.79 Å². The van der Waals surface area contributed by atoms with E-state index in [0.717, 1.165) is 17.3 Å². The molecule has 1 aromatic carbocycles. The molecule has 2 aromatic rings. The molecule has 0 unspecified atom stereocenters. The number of amides is 1. The Balaban J connectivity index is 2.18. The van der Waals surface area contributed by atoms with Gasteiger partial charge < -0.3 is 5.32 Å². The average Bonchev–Trinajstić information content (AvgIpc) is 2.38. The normalized spacial score (nSPS) is 10.1. The number of hydrogen-bond acceptors (Lipinski definition) is 2. The third kappa shape index (κ3) is 2.69. The molecule has 1 N–H and O–H groups in total. The fourth-order valence-electron chi connectivity index (χ4n) is 1.61. The molecule has 0 aliphatic rings. The van der Waals surface area contributed by atoms with Crippen molar-refractivity contribution in [1.29, 1.82) is 0 Å². The van der Waals surface area contributed by atoms with Crippen LogP contribution in [0.25, 0.3) is 10.9 Å². The topological polar surface area (TPSA) is 42.0 Å². The van der Waals surface area contributed by atoms with E-state index in [4.69, 9.17) is 0 Å². The van der Waals surface area contributed by atoms with E-state index in [1.165, 1.54) is 0 Å². The van der Waals surface area contributed by atoms with E-state index in [9.17, 15) is 4.79 Å². The zero-order chi connectivity index (χ0) is 12.1. The van der Waals surface area contributed by atoms with Crippen LogP contribution in [0.2, 0.25) is 0 Å². The number of carbonyl (C=O) groups is 1. The maximum absolute atomic E-state index is 11.8. The molecule has 0 spiro atoms. The number of rotatable bonds is 4. The summed E-state index contributed by atoms with van der Waals surface area (Å²) in [5, 5.41) is 3.81. The molecule has 0 fully saturated rings. The summed E-state index contributed by atoms with van der Waals surface area (Å²) in [5.41, 5.74) is 1.56. The Bertz CT molecular complexity index is 549. The number of benzene rings is 1. The lowest BCUT2D eigenvalue weighted by Crippen LogP contribution is -2.23. The molecule has 0 aliphatic carbocycles. The van der Waals surface area contributed by atoms with Crippen LogP contribution in [0.4, 0.5) is 0 Å². The fraction of sp³-hybridized carbons (Fsp3) is 0.143. The van der Waals surface area contributed by atoms with Gasteiger partial charge in [-0.2, -0.15) is 0 Å². The first-order chi connectivity index (χ1) is 8.31. The third-order valence-electron chi connectivity index (χ3n) is 2.50. The Morgan fingerprint density at radius 1 is 1.41 bits per heavy atom. The standard InChI is InChI=1S/C14H14N2O/c1-2-3-8-16-14(17)12-6-7-13-11(10-12)5-4-9-15-13/h2,4-7,9-10H,1,3,8H2,(H,16,17). The van der Waals surface area contributed by atoms with Gasteiger partial charge in [-0.25, -0.2) is 0 Å². The second kappa shape index (κ2) is 5.25. The summed E-state index contributed by atoms with van der Waals surface area (Å²) in [7, 11) is 0. The van der Waals surface area contributed by atoms with Crippen LogP contribution in [0.3, 0.4) is 0 Å². The van der Waals surface area contributed by atoms with Gasteiger partial charge >= 0.3 is 0 Å². The van der Waals surface area contributed by atoms with Gasteiger partial charge in [0, 0.05) is 23.7 Å². The number of nitrogens with one attached hydrogen (secondary N) is 1. The van der Waals surface area contributed by atoms with Gasteiger partial charge in [-0.05, 0) is 30.7 Å². The van der Waals surface area contributed by atoms with E-state index in [1.807, 2.05) is 24.3 Å². The minimum atomic E-state index is -0.0578. The summed E-state index contributed by atoms with van der Waals surface area (Å²) in [4.78, 5) is 16.0. The monoisotopic (exact) mass is 226 g/mol.